The Hall–Kier alpha value is -0.550. The zero-order chi connectivity index (χ0) is 9.14. The van der Waals surface area contributed by atoms with Crippen LogP contribution in [0.5, 0.6) is 0 Å². The fourth-order valence-corrected chi connectivity index (χ4v) is 1.09. The summed E-state index contributed by atoms with van der Waals surface area (Å²) in [6.07, 6.45) is 1.61. The van der Waals surface area contributed by atoms with E-state index in [0.29, 0.717) is 17.8 Å². The van der Waals surface area contributed by atoms with E-state index in [1.54, 1.807) is 6.20 Å². The number of hydrogen-bond donors (Lipinski definition) is 3. The fourth-order valence-electron chi connectivity index (χ4n) is 1.09. The molecule has 6 heteroatoms. The summed E-state index contributed by atoms with van der Waals surface area (Å²) in [6, 6.07) is 0. The van der Waals surface area contributed by atoms with Crippen molar-refractivity contribution in [3.63, 3.8) is 0 Å². The molecule has 14 heavy (non-hydrogen) atoms. The van der Waals surface area contributed by atoms with Crippen LogP contribution in [0.15, 0.2) is 6.20 Å². The summed E-state index contributed by atoms with van der Waals surface area (Å²) in [5, 5.41) is 8.91. The average molecular weight is 240 g/mol. The van der Waals surface area contributed by atoms with E-state index in [2.05, 4.69) is 4.98 Å². The lowest BCUT2D eigenvalue weighted by atomic mass is 10.1. The highest BCUT2D eigenvalue weighted by molar-refractivity contribution is 5.85. The molecule has 0 aromatic carbocycles. The number of rotatable bonds is 2. The molecule has 0 fully saturated rings. The highest BCUT2D eigenvalue weighted by atomic mass is 35.5. The second-order valence-electron chi connectivity index (χ2n) is 2.62. The lowest BCUT2D eigenvalue weighted by Gasteiger charge is -2.09. The largest absolute Gasteiger partial charge is 0.397 e. The molecule has 0 unspecified atom stereocenters. The molecule has 0 aliphatic heterocycles. The first kappa shape index (κ1) is 15.9. The number of nitrogen functional groups attached to an aromatic ring is 1. The van der Waals surface area contributed by atoms with Crippen molar-refractivity contribution >= 4 is 30.5 Å². The van der Waals surface area contributed by atoms with E-state index in [1.165, 1.54) is 0 Å². The number of aliphatic hydroxyl groups is 1. The van der Waals surface area contributed by atoms with E-state index in [9.17, 15) is 0 Å². The normalized spacial score (nSPS) is 8.79. The van der Waals surface area contributed by atoms with E-state index < -0.39 is 0 Å². The first-order chi connectivity index (χ1) is 5.70. The van der Waals surface area contributed by atoms with Crippen molar-refractivity contribution in [2.75, 3.05) is 5.73 Å². The van der Waals surface area contributed by atoms with E-state index in [-0.39, 0.29) is 31.4 Å². The van der Waals surface area contributed by atoms with Gasteiger partial charge in [-0.25, -0.2) is 0 Å². The third-order valence-electron chi connectivity index (χ3n) is 1.89. The number of nitrogens with zero attached hydrogens (tertiary/aromatic N) is 1. The van der Waals surface area contributed by atoms with Gasteiger partial charge in [-0.3, -0.25) is 4.98 Å². The minimum Gasteiger partial charge on any atom is -0.397 e. The van der Waals surface area contributed by atoms with Gasteiger partial charge in [-0.2, -0.15) is 0 Å². The maximum absolute atomic E-state index is 8.91. The molecule has 1 heterocycles. The molecule has 1 aromatic rings. The van der Waals surface area contributed by atoms with Crippen molar-refractivity contribution in [1.29, 1.82) is 0 Å². The van der Waals surface area contributed by atoms with Crippen LogP contribution in [0, 0.1) is 6.92 Å². The number of anilines is 1. The number of aliphatic hydroxyl groups excluding tert-OH is 1. The maximum atomic E-state index is 8.91. The Labute approximate surface area is 95.5 Å². The number of halogens is 2. The Balaban J connectivity index is 0. The lowest BCUT2D eigenvalue weighted by molar-refractivity contribution is 0.280. The Bertz CT molecular complexity index is 294. The highest BCUT2D eigenvalue weighted by Gasteiger charge is 2.06. The number of nitrogens with two attached hydrogens (primary N) is 2. The van der Waals surface area contributed by atoms with Gasteiger partial charge in [-0.1, -0.05) is 0 Å². The predicted molar refractivity (Wildman–Crippen MR) is 61.7 cm³/mol. The minimum atomic E-state index is -0.0655. The summed E-state index contributed by atoms with van der Waals surface area (Å²) in [7, 11) is 0. The molecular formula is C8H15Cl2N3O. The molecule has 0 spiro atoms. The molecule has 0 saturated carbocycles. The van der Waals surface area contributed by atoms with Gasteiger partial charge in [0.15, 0.2) is 0 Å². The summed E-state index contributed by atoms with van der Waals surface area (Å²) in [6.45, 7) is 2.09. The van der Waals surface area contributed by atoms with Crippen LogP contribution in [0.1, 0.15) is 16.8 Å². The Morgan fingerprint density at radius 3 is 2.43 bits per heavy atom. The second kappa shape index (κ2) is 6.84. The van der Waals surface area contributed by atoms with Gasteiger partial charge in [0.1, 0.15) is 0 Å². The van der Waals surface area contributed by atoms with E-state index in [0.717, 1.165) is 11.3 Å². The maximum Gasteiger partial charge on any atom is 0.0700 e. The fraction of sp³-hybridized carbons (Fsp3) is 0.375. The molecule has 0 atom stereocenters. The molecule has 1 rings (SSSR count). The summed E-state index contributed by atoms with van der Waals surface area (Å²) >= 11 is 0. The van der Waals surface area contributed by atoms with Crippen LogP contribution >= 0.6 is 24.8 Å². The topological polar surface area (TPSA) is 85.2 Å². The van der Waals surface area contributed by atoms with Crippen LogP contribution in [-0.2, 0) is 13.2 Å². The molecule has 82 valence electrons. The number of pyridine rings is 1. The van der Waals surface area contributed by atoms with Gasteiger partial charge in [-0.15, -0.1) is 24.8 Å². The Morgan fingerprint density at radius 2 is 2.00 bits per heavy atom. The molecule has 0 saturated heterocycles. The molecule has 1 aromatic heterocycles. The van der Waals surface area contributed by atoms with Crippen molar-refractivity contribution in [2.24, 2.45) is 5.73 Å². The van der Waals surface area contributed by atoms with Crippen LogP contribution in [0.3, 0.4) is 0 Å². The molecule has 0 radical (unpaired) electrons. The Morgan fingerprint density at radius 1 is 1.43 bits per heavy atom. The SMILES string of the molecule is Cc1ncc(CO)c(CN)c1N.Cl.Cl. The standard InChI is InChI=1S/C8H13N3O.2ClH/c1-5-8(10)7(2-9)6(4-12)3-11-5;;/h3,12H,2,4,9-10H2,1H3;2*1H. The second-order valence-corrected chi connectivity index (χ2v) is 2.62. The van der Waals surface area contributed by atoms with Crippen molar-refractivity contribution < 1.29 is 5.11 Å². The van der Waals surface area contributed by atoms with Crippen molar-refractivity contribution in [3.8, 4) is 0 Å². The molecule has 0 aliphatic carbocycles. The van der Waals surface area contributed by atoms with E-state index >= 15 is 0 Å². The summed E-state index contributed by atoms with van der Waals surface area (Å²) < 4.78 is 0. The third-order valence-corrected chi connectivity index (χ3v) is 1.89. The smallest absolute Gasteiger partial charge is 0.0700 e. The summed E-state index contributed by atoms with van der Waals surface area (Å²) in [4.78, 5) is 4.02. The van der Waals surface area contributed by atoms with E-state index in [1.807, 2.05) is 6.92 Å². The summed E-state index contributed by atoms with van der Waals surface area (Å²) in [5.41, 5.74) is 14.0. The molecular weight excluding hydrogens is 225 g/mol. The molecule has 0 bridgehead atoms. The monoisotopic (exact) mass is 239 g/mol. The zero-order valence-electron chi connectivity index (χ0n) is 7.86. The molecule has 0 aliphatic rings. The van der Waals surface area contributed by atoms with Gasteiger partial charge in [0.2, 0.25) is 0 Å². The van der Waals surface area contributed by atoms with Crippen LogP contribution in [0.25, 0.3) is 0 Å². The van der Waals surface area contributed by atoms with Crippen LogP contribution in [0.2, 0.25) is 0 Å². The number of hydrogen-bond acceptors (Lipinski definition) is 4. The molecule has 5 N–H and O–H groups in total. The number of aromatic nitrogens is 1. The molecule has 4 nitrogen and oxygen atoms in total. The van der Waals surface area contributed by atoms with Gasteiger partial charge in [-0.05, 0) is 12.5 Å². The van der Waals surface area contributed by atoms with Gasteiger partial charge >= 0.3 is 0 Å². The van der Waals surface area contributed by atoms with Crippen molar-refractivity contribution in [2.45, 2.75) is 20.1 Å². The van der Waals surface area contributed by atoms with Gasteiger partial charge in [0.05, 0.1) is 18.0 Å². The van der Waals surface area contributed by atoms with Crippen molar-refractivity contribution in [3.05, 3.63) is 23.0 Å². The third kappa shape index (κ3) is 2.99. The van der Waals surface area contributed by atoms with Crippen LogP contribution in [-0.4, -0.2) is 10.1 Å². The van der Waals surface area contributed by atoms with E-state index in [4.69, 9.17) is 16.6 Å². The van der Waals surface area contributed by atoms with Gasteiger partial charge in [0, 0.05) is 18.3 Å². The van der Waals surface area contributed by atoms with Gasteiger partial charge < -0.3 is 16.6 Å². The first-order valence-corrected chi connectivity index (χ1v) is 3.74. The van der Waals surface area contributed by atoms with Gasteiger partial charge in [0.25, 0.3) is 0 Å². The average Bonchev–Trinajstić information content (AvgIpc) is 2.09. The summed E-state index contributed by atoms with van der Waals surface area (Å²) in [5.74, 6) is 0. The Kier molecular flexibility index (Phi) is 7.77. The highest BCUT2D eigenvalue weighted by Crippen LogP contribution is 2.18. The zero-order valence-corrected chi connectivity index (χ0v) is 9.49. The lowest BCUT2D eigenvalue weighted by Crippen LogP contribution is -2.08. The molecule has 0 amide bonds. The van der Waals surface area contributed by atoms with Crippen LogP contribution in [0.4, 0.5) is 5.69 Å². The van der Waals surface area contributed by atoms with Crippen LogP contribution < -0.4 is 11.5 Å². The number of aryl methyl sites for hydroxylation is 1. The predicted octanol–water partition coefficient (Wildman–Crippen LogP) is 0.767. The first-order valence-electron chi connectivity index (χ1n) is 3.74. The minimum absolute atomic E-state index is 0. The quantitative estimate of drug-likeness (QED) is 0.712. The van der Waals surface area contributed by atoms with Crippen molar-refractivity contribution in [1.82, 2.24) is 4.98 Å².